The predicted octanol–water partition coefficient (Wildman–Crippen LogP) is 3.74. The van der Waals surface area contributed by atoms with Crippen LogP contribution in [-0.2, 0) is 6.42 Å². The van der Waals surface area contributed by atoms with E-state index in [-0.39, 0.29) is 0 Å². The van der Waals surface area contributed by atoms with Gasteiger partial charge in [-0.25, -0.2) is 0 Å². The van der Waals surface area contributed by atoms with Crippen LogP contribution in [0.3, 0.4) is 0 Å². The quantitative estimate of drug-likeness (QED) is 0.681. The van der Waals surface area contributed by atoms with E-state index in [4.69, 9.17) is 0 Å². The fourth-order valence-electron chi connectivity index (χ4n) is 2.24. The Hall–Kier alpha value is -0.470. The van der Waals surface area contributed by atoms with E-state index in [1.165, 1.54) is 49.3 Å². The Balaban J connectivity index is 1.78. The van der Waals surface area contributed by atoms with Crippen LogP contribution in [0.25, 0.3) is 0 Å². The molecule has 1 unspecified atom stereocenters. The summed E-state index contributed by atoms with van der Waals surface area (Å²) in [7, 11) is 0. The lowest BCUT2D eigenvalue weighted by Gasteiger charge is -2.17. The van der Waals surface area contributed by atoms with Crippen molar-refractivity contribution in [3.8, 4) is 0 Å². The highest BCUT2D eigenvalue weighted by molar-refractivity contribution is 7.99. The minimum Gasteiger partial charge on any atom is -0.314 e. The van der Waals surface area contributed by atoms with Crippen molar-refractivity contribution in [3.63, 3.8) is 0 Å². The van der Waals surface area contributed by atoms with Crippen molar-refractivity contribution in [1.82, 2.24) is 5.32 Å². The van der Waals surface area contributed by atoms with Gasteiger partial charge in [-0.1, -0.05) is 37.3 Å². The highest BCUT2D eigenvalue weighted by Crippen LogP contribution is 2.21. The van der Waals surface area contributed by atoms with Gasteiger partial charge in [-0.15, -0.1) is 0 Å². The molecule has 0 saturated heterocycles. The van der Waals surface area contributed by atoms with E-state index in [2.05, 4.69) is 54.3 Å². The molecule has 0 aromatic heterocycles. The van der Waals surface area contributed by atoms with Gasteiger partial charge < -0.3 is 5.32 Å². The molecule has 1 aromatic rings. The number of rotatable bonds is 9. The van der Waals surface area contributed by atoms with Crippen LogP contribution in [0.5, 0.6) is 0 Å². The summed E-state index contributed by atoms with van der Waals surface area (Å²) in [4.78, 5) is 0. The largest absolute Gasteiger partial charge is 0.314 e. The molecule has 1 atom stereocenters. The fraction of sp³-hybridized carbons (Fsp3) is 0.625. The minimum atomic E-state index is 0.798. The van der Waals surface area contributed by atoms with Crippen LogP contribution < -0.4 is 5.32 Å². The third-order valence-electron chi connectivity index (χ3n) is 3.51. The normalized spacial score (nSPS) is 16.7. The predicted molar refractivity (Wildman–Crippen MR) is 82.3 cm³/mol. The van der Waals surface area contributed by atoms with Crippen molar-refractivity contribution in [2.24, 2.45) is 5.92 Å². The number of hydrogen-bond donors (Lipinski definition) is 1. The molecule has 1 aliphatic rings. The molecule has 0 spiro atoms. The van der Waals surface area contributed by atoms with Crippen molar-refractivity contribution in [2.75, 3.05) is 18.1 Å². The molecule has 1 nitrogen and oxygen atoms in total. The Bertz CT molecular complexity index is 321. The molecule has 0 heterocycles. The fourth-order valence-corrected chi connectivity index (χ4v) is 3.03. The third kappa shape index (κ3) is 5.45. The summed E-state index contributed by atoms with van der Waals surface area (Å²) in [5.41, 5.74) is 1.49. The summed E-state index contributed by atoms with van der Waals surface area (Å²) < 4.78 is 0. The molecule has 0 radical (unpaired) electrons. The first-order chi connectivity index (χ1) is 8.88. The zero-order valence-electron chi connectivity index (χ0n) is 11.4. The number of benzene rings is 1. The first-order valence-electron chi connectivity index (χ1n) is 7.23. The average molecular weight is 263 g/mol. The van der Waals surface area contributed by atoms with Crippen LogP contribution in [-0.4, -0.2) is 24.1 Å². The van der Waals surface area contributed by atoms with Crippen LogP contribution in [0.15, 0.2) is 30.3 Å². The summed E-state index contributed by atoms with van der Waals surface area (Å²) in [6.45, 7) is 3.45. The highest BCUT2D eigenvalue weighted by Gasteiger charge is 2.21. The van der Waals surface area contributed by atoms with Crippen molar-refractivity contribution in [3.05, 3.63) is 35.9 Å². The molecule has 100 valence electrons. The summed E-state index contributed by atoms with van der Waals surface area (Å²) in [6.07, 6.45) is 5.35. The standard InChI is InChI=1S/C16H25NS/c1-2-18-11-10-15(13-17-16-8-9-16)12-14-6-4-3-5-7-14/h3-7,15-17H,2,8-13H2,1H3. The van der Waals surface area contributed by atoms with E-state index < -0.39 is 0 Å². The lowest BCUT2D eigenvalue weighted by Crippen LogP contribution is -2.26. The summed E-state index contributed by atoms with van der Waals surface area (Å²) in [5, 5.41) is 3.69. The molecule has 1 saturated carbocycles. The number of thioether (sulfide) groups is 1. The molecule has 1 aromatic carbocycles. The van der Waals surface area contributed by atoms with E-state index in [1.54, 1.807) is 0 Å². The molecule has 1 fully saturated rings. The number of nitrogens with one attached hydrogen (secondary N) is 1. The first kappa shape index (κ1) is 14.0. The molecule has 0 amide bonds. The molecule has 0 bridgehead atoms. The van der Waals surface area contributed by atoms with Crippen LogP contribution in [0.2, 0.25) is 0 Å². The van der Waals surface area contributed by atoms with Gasteiger partial charge in [0.1, 0.15) is 0 Å². The Morgan fingerprint density at radius 2 is 2.06 bits per heavy atom. The van der Waals surface area contributed by atoms with Gasteiger partial charge in [0.2, 0.25) is 0 Å². The van der Waals surface area contributed by atoms with E-state index in [9.17, 15) is 0 Å². The second-order valence-corrected chi connectivity index (χ2v) is 6.62. The Kier molecular flexibility index (Phi) is 6.09. The summed E-state index contributed by atoms with van der Waals surface area (Å²) >= 11 is 2.07. The van der Waals surface area contributed by atoms with Crippen molar-refractivity contribution in [1.29, 1.82) is 0 Å². The van der Waals surface area contributed by atoms with E-state index >= 15 is 0 Å². The van der Waals surface area contributed by atoms with E-state index in [0.29, 0.717) is 0 Å². The third-order valence-corrected chi connectivity index (χ3v) is 4.45. The van der Waals surface area contributed by atoms with Gasteiger partial charge in [-0.3, -0.25) is 0 Å². The topological polar surface area (TPSA) is 12.0 Å². The minimum absolute atomic E-state index is 0.798. The Morgan fingerprint density at radius 1 is 1.28 bits per heavy atom. The SMILES string of the molecule is CCSCCC(CNC1CC1)Cc1ccccc1. The Morgan fingerprint density at radius 3 is 2.72 bits per heavy atom. The van der Waals surface area contributed by atoms with Gasteiger partial charge in [-0.2, -0.15) is 11.8 Å². The molecule has 2 rings (SSSR count). The molecule has 0 aliphatic heterocycles. The van der Waals surface area contributed by atoms with Gasteiger partial charge in [0, 0.05) is 6.04 Å². The lowest BCUT2D eigenvalue weighted by atomic mass is 9.97. The zero-order valence-corrected chi connectivity index (χ0v) is 12.2. The summed E-state index contributed by atoms with van der Waals surface area (Å²) in [6, 6.07) is 11.8. The van der Waals surface area contributed by atoms with E-state index in [1.807, 2.05) is 0 Å². The second-order valence-electron chi connectivity index (χ2n) is 5.22. The van der Waals surface area contributed by atoms with Crippen LogP contribution in [0.1, 0.15) is 31.7 Å². The lowest BCUT2D eigenvalue weighted by molar-refractivity contribution is 0.461. The molecule has 18 heavy (non-hydrogen) atoms. The van der Waals surface area contributed by atoms with Crippen molar-refractivity contribution >= 4 is 11.8 Å². The van der Waals surface area contributed by atoms with Gasteiger partial charge in [0.15, 0.2) is 0 Å². The maximum atomic E-state index is 3.69. The second kappa shape index (κ2) is 7.85. The van der Waals surface area contributed by atoms with Crippen LogP contribution in [0.4, 0.5) is 0 Å². The molecular weight excluding hydrogens is 238 g/mol. The maximum Gasteiger partial charge on any atom is 0.00683 e. The molecule has 1 aliphatic carbocycles. The molecule has 1 N–H and O–H groups in total. The number of hydrogen-bond acceptors (Lipinski definition) is 2. The Labute approximate surface area is 116 Å². The highest BCUT2D eigenvalue weighted by atomic mass is 32.2. The van der Waals surface area contributed by atoms with Crippen molar-refractivity contribution < 1.29 is 0 Å². The van der Waals surface area contributed by atoms with Gasteiger partial charge >= 0.3 is 0 Å². The summed E-state index contributed by atoms with van der Waals surface area (Å²) in [5.74, 6) is 3.35. The van der Waals surface area contributed by atoms with Crippen LogP contribution >= 0.6 is 11.8 Å². The smallest absolute Gasteiger partial charge is 0.00683 e. The molecule has 2 heteroatoms. The van der Waals surface area contributed by atoms with Gasteiger partial charge in [0.05, 0.1) is 0 Å². The van der Waals surface area contributed by atoms with Gasteiger partial charge in [-0.05, 0) is 55.2 Å². The van der Waals surface area contributed by atoms with Gasteiger partial charge in [0.25, 0.3) is 0 Å². The maximum absolute atomic E-state index is 3.69. The van der Waals surface area contributed by atoms with E-state index in [0.717, 1.165) is 12.0 Å². The van der Waals surface area contributed by atoms with Crippen molar-refractivity contribution in [2.45, 2.75) is 38.6 Å². The average Bonchev–Trinajstić information content (AvgIpc) is 3.21. The first-order valence-corrected chi connectivity index (χ1v) is 8.39. The zero-order chi connectivity index (χ0) is 12.6. The molecular formula is C16H25NS. The monoisotopic (exact) mass is 263 g/mol. The van der Waals surface area contributed by atoms with Crippen LogP contribution in [0, 0.1) is 5.92 Å².